The second-order valence-electron chi connectivity index (χ2n) is 7.48. The van der Waals surface area contributed by atoms with Gasteiger partial charge in [0.1, 0.15) is 0 Å². The Morgan fingerprint density at radius 1 is 0.833 bits per heavy atom. The van der Waals surface area contributed by atoms with Crippen molar-refractivity contribution in [2.45, 2.75) is 39.3 Å². The Morgan fingerprint density at radius 3 is 2.13 bits per heavy atom. The fraction of sp³-hybridized carbons (Fsp3) is 0.360. The van der Waals surface area contributed by atoms with Gasteiger partial charge in [0.05, 0.1) is 0 Å². The van der Waals surface area contributed by atoms with E-state index in [1.807, 2.05) is 24.3 Å². The number of fused-ring (bicyclic) bond motifs is 1. The van der Waals surface area contributed by atoms with Gasteiger partial charge in [-0.3, -0.25) is 0 Å². The molecule has 0 aliphatic rings. The quantitative estimate of drug-likeness (QED) is 0.378. The van der Waals surface area contributed by atoms with Crippen LogP contribution in [0.4, 0.5) is 24.5 Å². The number of anilines is 2. The molecule has 0 atom stereocenters. The number of nitrogens with zero attached hydrogens (tertiary/aromatic N) is 1. The molecular weight excluding hydrogens is 385 g/mol. The van der Waals surface area contributed by atoms with E-state index in [-0.39, 0.29) is 6.42 Å². The van der Waals surface area contributed by atoms with Gasteiger partial charge in [-0.05, 0) is 61.4 Å². The van der Waals surface area contributed by atoms with E-state index in [1.54, 1.807) is 0 Å². The van der Waals surface area contributed by atoms with Gasteiger partial charge in [-0.1, -0.05) is 42.5 Å². The Morgan fingerprint density at radius 2 is 1.50 bits per heavy atom. The van der Waals surface area contributed by atoms with E-state index in [1.165, 1.54) is 16.8 Å². The van der Waals surface area contributed by atoms with Crippen LogP contribution in [-0.2, 0) is 6.42 Å². The van der Waals surface area contributed by atoms with Crippen LogP contribution in [0.1, 0.15) is 37.8 Å². The molecule has 0 heterocycles. The summed E-state index contributed by atoms with van der Waals surface area (Å²) in [5, 5.41) is 5.35. The summed E-state index contributed by atoms with van der Waals surface area (Å²) < 4.78 is 37.1. The molecule has 30 heavy (non-hydrogen) atoms. The van der Waals surface area contributed by atoms with Gasteiger partial charge in [-0.25, -0.2) is 0 Å². The molecule has 3 aromatic carbocycles. The summed E-state index contributed by atoms with van der Waals surface area (Å²) in [5.41, 5.74) is 4.56. The number of nitrogens with one attached hydrogen (secondary N) is 1. The molecule has 0 aliphatic carbocycles. The first kappa shape index (κ1) is 22.0. The van der Waals surface area contributed by atoms with E-state index < -0.39 is 12.6 Å². The average Bonchev–Trinajstić information content (AvgIpc) is 2.74. The van der Waals surface area contributed by atoms with Crippen LogP contribution in [0, 0.1) is 0 Å². The molecule has 0 saturated heterocycles. The summed E-state index contributed by atoms with van der Waals surface area (Å²) in [6.07, 6.45) is -3.99. The van der Waals surface area contributed by atoms with Crippen LogP contribution in [0.5, 0.6) is 0 Å². The van der Waals surface area contributed by atoms with Gasteiger partial charge in [0, 0.05) is 42.8 Å². The zero-order chi connectivity index (χ0) is 21.6. The molecule has 1 N–H and O–H groups in total. The van der Waals surface area contributed by atoms with E-state index in [4.69, 9.17) is 0 Å². The van der Waals surface area contributed by atoms with Crippen LogP contribution in [0.25, 0.3) is 10.8 Å². The molecule has 160 valence electrons. The highest BCUT2D eigenvalue weighted by Gasteiger charge is 2.25. The summed E-state index contributed by atoms with van der Waals surface area (Å²) >= 11 is 0. The van der Waals surface area contributed by atoms with E-state index in [0.29, 0.717) is 6.54 Å². The molecule has 0 saturated carbocycles. The summed E-state index contributed by atoms with van der Waals surface area (Å²) in [5.74, 6) is 0. The highest BCUT2D eigenvalue weighted by atomic mass is 19.4. The van der Waals surface area contributed by atoms with Gasteiger partial charge in [0.15, 0.2) is 0 Å². The smallest absolute Gasteiger partial charge is 0.385 e. The maximum Gasteiger partial charge on any atom is 0.389 e. The first-order valence-electron chi connectivity index (χ1n) is 10.6. The van der Waals surface area contributed by atoms with Gasteiger partial charge in [0.25, 0.3) is 0 Å². The zero-order valence-corrected chi connectivity index (χ0v) is 17.6. The maximum absolute atomic E-state index is 12.4. The third-order valence-electron chi connectivity index (χ3n) is 5.43. The molecule has 0 fully saturated rings. The van der Waals surface area contributed by atoms with Crippen molar-refractivity contribution in [2.75, 3.05) is 29.9 Å². The van der Waals surface area contributed by atoms with Crippen molar-refractivity contribution in [3.05, 3.63) is 71.8 Å². The molecule has 0 unspecified atom stereocenters. The fourth-order valence-electron chi connectivity index (χ4n) is 3.81. The summed E-state index contributed by atoms with van der Waals surface area (Å²) in [7, 11) is 0. The molecule has 0 amide bonds. The van der Waals surface area contributed by atoms with E-state index >= 15 is 0 Å². The number of benzene rings is 3. The van der Waals surface area contributed by atoms with Crippen molar-refractivity contribution in [2.24, 2.45) is 0 Å². The predicted octanol–water partition coefficient (Wildman–Crippen LogP) is 7.03. The third kappa shape index (κ3) is 5.68. The van der Waals surface area contributed by atoms with Gasteiger partial charge in [-0.2, -0.15) is 13.2 Å². The molecule has 2 nitrogen and oxygen atoms in total. The van der Waals surface area contributed by atoms with Gasteiger partial charge in [-0.15, -0.1) is 0 Å². The minimum atomic E-state index is -4.10. The monoisotopic (exact) mass is 414 g/mol. The van der Waals surface area contributed by atoms with Crippen LogP contribution >= 0.6 is 0 Å². The lowest BCUT2D eigenvalue weighted by Crippen LogP contribution is -2.21. The minimum Gasteiger partial charge on any atom is -0.385 e. The third-order valence-corrected chi connectivity index (χ3v) is 5.43. The number of halogens is 3. The first-order valence-corrected chi connectivity index (χ1v) is 10.6. The minimum absolute atomic E-state index is 0.0679. The maximum atomic E-state index is 12.4. The SMILES string of the molecule is CCN(CC)c1ccc(Cc2ccc(NCCCC(F)(F)F)c3ccccc23)cc1. The number of hydrogen-bond acceptors (Lipinski definition) is 2. The van der Waals surface area contributed by atoms with Crippen molar-refractivity contribution in [1.82, 2.24) is 0 Å². The first-order chi connectivity index (χ1) is 14.4. The summed E-state index contributed by atoms with van der Waals surface area (Å²) in [6, 6.07) is 20.8. The lowest BCUT2D eigenvalue weighted by atomic mass is 9.97. The van der Waals surface area contributed by atoms with Crippen molar-refractivity contribution < 1.29 is 13.2 Å². The Kier molecular flexibility index (Phi) is 7.24. The van der Waals surface area contributed by atoms with Gasteiger partial charge >= 0.3 is 6.18 Å². The zero-order valence-electron chi connectivity index (χ0n) is 17.6. The number of hydrogen-bond donors (Lipinski definition) is 1. The van der Waals surface area contributed by atoms with Gasteiger partial charge < -0.3 is 10.2 Å². The largest absolute Gasteiger partial charge is 0.389 e. The van der Waals surface area contributed by atoms with Gasteiger partial charge in [0.2, 0.25) is 0 Å². The molecular formula is C25H29F3N2. The Bertz CT molecular complexity index is 945. The Balaban J connectivity index is 1.76. The van der Waals surface area contributed by atoms with Crippen LogP contribution in [-0.4, -0.2) is 25.8 Å². The molecule has 0 bridgehead atoms. The second-order valence-corrected chi connectivity index (χ2v) is 7.48. The number of rotatable bonds is 9. The van der Waals surface area contributed by atoms with Crippen LogP contribution < -0.4 is 10.2 Å². The Hall–Kier alpha value is -2.69. The lowest BCUT2D eigenvalue weighted by Gasteiger charge is -2.21. The van der Waals surface area contributed by atoms with Crippen LogP contribution in [0.2, 0.25) is 0 Å². The predicted molar refractivity (Wildman–Crippen MR) is 121 cm³/mol. The molecule has 0 radical (unpaired) electrons. The normalized spacial score (nSPS) is 11.6. The average molecular weight is 415 g/mol. The van der Waals surface area contributed by atoms with Crippen molar-refractivity contribution in [3.63, 3.8) is 0 Å². The van der Waals surface area contributed by atoms with Crippen molar-refractivity contribution >= 4 is 22.1 Å². The lowest BCUT2D eigenvalue weighted by molar-refractivity contribution is -0.134. The highest BCUT2D eigenvalue weighted by molar-refractivity contribution is 5.96. The fourth-order valence-corrected chi connectivity index (χ4v) is 3.81. The molecule has 0 spiro atoms. The highest BCUT2D eigenvalue weighted by Crippen LogP contribution is 2.29. The van der Waals surface area contributed by atoms with Crippen molar-refractivity contribution in [3.8, 4) is 0 Å². The van der Waals surface area contributed by atoms with Crippen LogP contribution in [0.15, 0.2) is 60.7 Å². The van der Waals surface area contributed by atoms with E-state index in [9.17, 15) is 13.2 Å². The summed E-state index contributed by atoms with van der Waals surface area (Å²) in [6.45, 7) is 6.58. The van der Waals surface area contributed by atoms with E-state index in [0.717, 1.165) is 36.0 Å². The second kappa shape index (κ2) is 9.88. The standard InChI is InChI=1S/C25H29F3N2/c1-3-30(4-2)21-13-10-19(11-14-21)18-20-12-15-24(23-9-6-5-8-22(20)23)29-17-7-16-25(26,27)28/h5-6,8-15,29H,3-4,7,16-18H2,1-2H3. The molecule has 0 aliphatic heterocycles. The van der Waals surface area contributed by atoms with Crippen molar-refractivity contribution in [1.29, 1.82) is 0 Å². The van der Waals surface area contributed by atoms with Crippen LogP contribution in [0.3, 0.4) is 0 Å². The number of alkyl halides is 3. The van der Waals surface area contributed by atoms with E-state index in [2.05, 4.69) is 60.5 Å². The summed E-state index contributed by atoms with van der Waals surface area (Å²) in [4.78, 5) is 2.32. The molecule has 5 heteroatoms. The molecule has 3 rings (SSSR count). The Labute approximate surface area is 176 Å². The molecule has 3 aromatic rings. The topological polar surface area (TPSA) is 15.3 Å². The molecule has 0 aromatic heterocycles.